The summed E-state index contributed by atoms with van der Waals surface area (Å²) in [6.45, 7) is 13.2. The summed E-state index contributed by atoms with van der Waals surface area (Å²) in [6, 6.07) is 0.737. The van der Waals surface area contributed by atoms with Gasteiger partial charge in [-0.2, -0.15) is 0 Å². The molecule has 86 valence electrons. The van der Waals surface area contributed by atoms with E-state index < -0.39 is 0 Å². The second kappa shape index (κ2) is 6.41. The average molecular weight is 200 g/mol. The number of piperidine rings is 1. The van der Waals surface area contributed by atoms with Gasteiger partial charge < -0.3 is 10.2 Å². The summed E-state index contributed by atoms with van der Waals surface area (Å²) in [5.41, 5.74) is 0.380. The minimum Gasteiger partial charge on any atom is -0.314 e. The van der Waals surface area contributed by atoms with Crippen LogP contribution in [0.4, 0.5) is 0 Å². The monoisotopic (exact) mass is 200 g/mol. The molecule has 1 atom stereocenters. The zero-order valence-corrected chi connectivity index (χ0v) is 10.9. The number of likely N-dealkylation sites (tertiary alicyclic amines) is 1. The van der Waals surface area contributed by atoms with Crippen LogP contribution in [-0.2, 0) is 0 Å². The van der Waals surface area contributed by atoms with Crippen molar-refractivity contribution < 1.29 is 0 Å². The summed E-state index contributed by atoms with van der Waals surface area (Å²) in [7, 11) is 2.22. The molecule has 0 aliphatic carbocycles. The summed E-state index contributed by atoms with van der Waals surface area (Å²) >= 11 is 0. The van der Waals surface area contributed by atoms with E-state index in [2.05, 4.69) is 38.0 Å². The Morgan fingerprint density at radius 2 is 1.93 bits per heavy atom. The standard InChI is InChI=1S/C10H22N2.C2H6/c1-5-11-9-6-7-12(4)10(2,3)8-9;1-2/h9,11H,5-8H2,1-4H3;1-2H3. The molecule has 0 bridgehead atoms. The van der Waals surface area contributed by atoms with Crippen LogP contribution in [0, 0.1) is 0 Å². The first-order chi connectivity index (χ1) is 6.56. The van der Waals surface area contributed by atoms with Crippen molar-refractivity contribution in [1.82, 2.24) is 10.2 Å². The van der Waals surface area contributed by atoms with Crippen LogP contribution in [0.15, 0.2) is 0 Å². The Kier molecular flexibility index (Phi) is 6.38. The van der Waals surface area contributed by atoms with Gasteiger partial charge in [-0.05, 0) is 46.8 Å². The SMILES string of the molecule is CC.CCNC1CCN(C)C(C)(C)C1. The molecule has 1 saturated heterocycles. The third kappa shape index (κ3) is 3.97. The molecule has 2 heteroatoms. The Hall–Kier alpha value is -0.0800. The highest BCUT2D eigenvalue weighted by Crippen LogP contribution is 2.25. The quantitative estimate of drug-likeness (QED) is 0.737. The highest BCUT2D eigenvalue weighted by atomic mass is 15.2. The van der Waals surface area contributed by atoms with Crippen LogP contribution in [0.1, 0.15) is 47.5 Å². The van der Waals surface area contributed by atoms with Gasteiger partial charge in [0.25, 0.3) is 0 Å². The first-order valence-corrected chi connectivity index (χ1v) is 6.01. The van der Waals surface area contributed by atoms with E-state index in [1.54, 1.807) is 0 Å². The molecule has 0 amide bonds. The highest BCUT2D eigenvalue weighted by molar-refractivity contribution is 4.90. The molecule has 0 aromatic rings. The maximum Gasteiger partial charge on any atom is 0.0165 e. The Labute approximate surface area is 90.1 Å². The Balaban J connectivity index is 0.000000791. The Bertz CT molecular complexity index is 143. The summed E-state index contributed by atoms with van der Waals surface area (Å²) in [4.78, 5) is 2.46. The van der Waals surface area contributed by atoms with Crippen LogP contribution in [0.2, 0.25) is 0 Å². The fourth-order valence-electron chi connectivity index (χ4n) is 1.98. The Morgan fingerprint density at radius 3 is 2.36 bits per heavy atom. The van der Waals surface area contributed by atoms with Crippen LogP contribution < -0.4 is 5.32 Å². The lowest BCUT2D eigenvalue weighted by molar-refractivity contribution is 0.0860. The molecular formula is C12H28N2. The smallest absolute Gasteiger partial charge is 0.0165 e. The predicted octanol–water partition coefficient (Wildman–Crippen LogP) is 2.49. The molecule has 0 saturated carbocycles. The van der Waals surface area contributed by atoms with E-state index in [9.17, 15) is 0 Å². The molecule has 1 unspecified atom stereocenters. The van der Waals surface area contributed by atoms with Gasteiger partial charge in [-0.3, -0.25) is 0 Å². The fraction of sp³-hybridized carbons (Fsp3) is 1.00. The van der Waals surface area contributed by atoms with Gasteiger partial charge in [-0.25, -0.2) is 0 Å². The number of hydrogen-bond donors (Lipinski definition) is 1. The topological polar surface area (TPSA) is 15.3 Å². The van der Waals surface area contributed by atoms with Gasteiger partial charge in [0, 0.05) is 11.6 Å². The van der Waals surface area contributed by atoms with Gasteiger partial charge in [-0.1, -0.05) is 20.8 Å². The first-order valence-electron chi connectivity index (χ1n) is 6.01. The molecule has 1 N–H and O–H groups in total. The summed E-state index contributed by atoms with van der Waals surface area (Å²) in [5.74, 6) is 0. The van der Waals surface area contributed by atoms with Gasteiger partial charge in [0.15, 0.2) is 0 Å². The number of rotatable bonds is 2. The van der Waals surface area contributed by atoms with Crippen molar-refractivity contribution in [2.24, 2.45) is 0 Å². The number of nitrogens with one attached hydrogen (secondary N) is 1. The van der Waals surface area contributed by atoms with Gasteiger partial charge in [0.1, 0.15) is 0 Å². The van der Waals surface area contributed by atoms with E-state index in [1.807, 2.05) is 13.8 Å². The second-order valence-corrected chi connectivity index (χ2v) is 4.48. The lowest BCUT2D eigenvalue weighted by Gasteiger charge is -2.43. The second-order valence-electron chi connectivity index (χ2n) is 4.48. The minimum atomic E-state index is 0.380. The molecule has 0 aromatic carbocycles. The molecule has 1 fully saturated rings. The largest absolute Gasteiger partial charge is 0.314 e. The van der Waals surface area contributed by atoms with Gasteiger partial charge in [-0.15, -0.1) is 0 Å². The lowest BCUT2D eigenvalue weighted by atomic mass is 9.87. The zero-order valence-electron chi connectivity index (χ0n) is 10.9. The van der Waals surface area contributed by atoms with Crippen molar-refractivity contribution in [2.75, 3.05) is 20.1 Å². The van der Waals surface area contributed by atoms with Crippen molar-refractivity contribution in [3.05, 3.63) is 0 Å². The summed E-state index contributed by atoms with van der Waals surface area (Å²) in [5, 5.41) is 3.53. The zero-order chi connectivity index (χ0) is 11.2. The van der Waals surface area contributed by atoms with Crippen molar-refractivity contribution in [3.63, 3.8) is 0 Å². The Morgan fingerprint density at radius 1 is 1.36 bits per heavy atom. The highest BCUT2D eigenvalue weighted by Gasteiger charge is 2.31. The van der Waals surface area contributed by atoms with E-state index in [0.29, 0.717) is 5.54 Å². The van der Waals surface area contributed by atoms with E-state index in [4.69, 9.17) is 0 Å². The fourth-order valence-corrected chi connectivity index (χ4v) is 1.98. The van der Waals surface area contributed by atoms with Gasteiger partial charge in [0.05, 0.1) is 0 Å². The van der Waals surface area contributed by atoms with Gasteiger partial charge in [0.2, 0.25) is 0 Å². The third-order valence-corrected chi connectivity index (χ3v) is 3.09. The number of nitrogens with zero attached hydrogens (tertiary/aromatic N) is 1. The molecular weight excluding hydrogens is 172 g/mol. The van der Waals surface area contributed by atoms with Crippen LogP contribution in [-0.4, -0.2) is 36.6 Å². The van der Waals surface area contributed by atoms with E-state index in [0.717, 1.165) is 12.6 Å². The molecule has 1 rings (SSSR count). The van der Waals surface area contributed by atoms with Crippen LogP contribution >= 0.6 is 0 Å². The molecule has 1 aliphatic heterocycles. The molecule has 0 aromatic heterocycles. The molecule has 0 spiro atoms. The maximum absolute atomic E-state index is 3.53. The van der Waals surface area contributed by atoms with E-state index in [1.165, 1.54) is 19.4 Å². The predicted molar refractivity (Wildman–Crippen MR) is 64.8 cm³/mol. The van der Waals surface area contributed by atoms with E-state index >= 15 is 0 Å². The molecule has 1 heterocycles. The molecule has 2 nitrogen and oxygen atoms in total. The van der Waals surface area contributed by atoms with Crippen molar-refractivity contribution in [1.29, 1.82) is 0 Å². The maximum atomic E-state index is 3.53. The molecule has 0 radical (unpaired) electrons. The minimum absolute atomic E-state index is 0.380. The van der Waals surface area contributed by atoms with Crippen molar-refractivity contribution in [3.8, 4) is 0 Å². The van der Waals surface area contributed by atoms with Crippen molar-refractivity contribution in [2.45, 2.75) is 59.0 Å². The normalized spacial score (nSPS) is 26.6. The first kappa shape index (κ1) is 13.9. The van der Waals surface area contributed by atoms with Crippen LogP contribution in [0.3, 0.4) is 0 Å². The van der Waals surface area contributed by atoms with Crippen molar-refractivity contribution >= 4 is 0 Å². The average Bonchev–Trinajstić information content (AvgIpc) is 2.15. The van der Waals surface area contributed by atoms with Crippen LogP contribution in [0.25, 0.3) is 0 Å². The van der Waals surface area contributed by atoms with Gasteiger partial charge >= 0.3 is 0 Å². The number of hydrogen-bond acceptors (Lipinski definition) is 2. The summed E-state index contributed by atoms with van der Waals surface area (Å²) < 4.78 is 0. The molecule has 14 heavy (non-hydrogen) atoms. The third-order valence-electron chi connectivity index (χ3n) is 3.09. The van der Waals surface area contributed by atoms with E-state index in [-0.39, 0.29) is 0 Å². The summed E-state index contributed by atoms with van der Waals surface area (Å²) in [6.07, 6.45) is 2.57. The van der Waals surface area contributed by atoms with Crippen LogP contribution in [0.5, 0.6) is 0 Å². The lowest BCUT2D eigenvalue weighted by Crippen LogP contribution is -2.52. The molecule has 1 aliphatic rings.